The summed E-state index contributed by atoms with van der Waals surface area (Å²) in [7, 11) is 0. The summed E-state index contributed by atoms with van der Waals surface area (Å²) in [6.45, 7) is 1.47. The number of esters is 1. The number of amides is 3. The number of carbonyl (C=O) groups is 4. The first kappa shape index (κ1) is 31.0. The number of likely N-dealkylation sites (tertiary alicyclic amines) is 1. The molecule has 0 saturated carbocycles. The van der Waals surface area contributed by atoms with Crippen molar-refractivity contribution in [2.75, 3.05) is 24.6 Å². The summed E-state index contributed by atoms with van der Waals surface area (Å²) in [6, 6.07) is 14.3. The van der Waals surface area contributed by atoms with E-state index in [0.717, 1.165) is 5.56 Å². The SMILES string of the molecule is C[C@H]1CNC(=O)CC/C=C\CN(c2ccccc2Cl)C(=O)[C@H]2N([C@@H](CO)Cc3ccccc3)C(=O)[C@@H]3[C@@H](C(=O)O1)[C@H]1C=C[C@]32O1. The molecule has 2 aromatic rings. The maximum absolute atomic E-state index is 15.0. The van der Waals surface area contributed by atoms with E-state index >= 15 is 0 Å². The Morgan fingerprint density at radius 1 is 1.04 bits per heavy atom. The van der Waals surface area contributed by atoms with Gasteiger partial charge in [-0.05, 0) is 37.5 Å². The molecule has 45 heavy (non-hydrogen) atoms. The summed E-state index contributed by atoms with van der Waals surface area (Å²) in [5.74, 6) is -3.84. The van der Waals surface area contributed by atoms with Crippen LogP contribution in [-0.4, -0.2) is 83.3 Å². The van der Waals surface area contributed by atoms with Gasteiger partial charge in [-0.2, -0.15) is 0 Å². The van der Waals surface area contributed by atoms with E-state index in [1.165, 1.54) is 9.80 Å². The summed E-state index contributed by atoms with van der Waals surface area (Å²) in [5, 5.41) is 13.8. The molecule has 0 aromatic heterocycles. The number of carbonyl (C=O) groups excluding carboxylic acids is 4. The fourth-order valence-corrected chi connectivity index (χ4v) is 7.23. The Morgan fingerprint density at radius 3 is 2.56 bits per heavy atom. The lowest BCUT2D eigenvalue weighted by Crippen LogP contribution is -2.59. The largest absolute Gasteiger partial charge is 0.460 e. The third kappa shape index (κ3) is 5.67. The third-order valence-electron chi connectivity index (χ3n) is 9.04. The van der Waals surface area contributed by atoms with Crippen LogP contribution in [0.3, 0.4) is 0 Å². The van der Waals surface area contributed by atoms with Crippen LogP contribution in [0.1, 0.15) is 25.3 Å². The maximum Gasteiger partial charge on any atom is 0.313 e. The fraction of sp³-hybridized carbons (Fsp3) is 0.412. The van der Waals surface area contributed by atoms with Crippen molar-refractivity contribution in [3.05, 3.63) is 89.5 Å². The predicted octanol–water partition coefficient (Wildman–Crippen LogP) is 2.83. The minimum Gasteiger partial charge on any atom is -0.460 e. The van der Waals surface area contributed by atoms with Gasteiger partial charge in [0.05, 0.1) is 41.9 Å². The number of nitrogens with one attached hydrogen (secondary N) is 1. The zero-order chi connectivity index (χ0) is 31.7. The maximum atomic E-state index is 15.0. The van der Waals surface area contributed by atoms with Crippen LogP contribution in [0.25, 0.3) is 0 Å². The number of para-hydroxylation sites is 1. The standard InChI is InChI=1S/C34H36ClN3O7/c1-21-19-36-27(40)14-6-3-9-17-37(25-13-8-7-12-24(25)35)32(42)30-34-16-15-26(45-34)28(33(43)44-21)29(34)31(41)38(30)23(20-39)18-22-10-4-2-5-11-22/h2-5,7-13,15-16,21,23,26,28-30,39H,6,14,17-20H2,1H3,(H,36,40)/b9-3-/t21-,23+,26+,28-,29-,30+,34-/m0/s1. The minimum absolute atomic E-state index is 0.0988. The van der Waals surface area contributed by atoms with Crippen molar-refractivity contribution in [3.8, 4) is 0 Å². The second-order valence-electron chi connectivity index (χ2n) is 11.9. The quantitative estimate of drug-likeness (QED) is 0.383. The summed E-state index contributed by atoms with van der Waals surface area (Å²) in [4.78, 5) is 58.5. The van der Waals surface area contributed by atoms with E-state index in [2.05, 4.69) is 5.32 Å². The van der Waals surface area contributed by atoms with Gasteiger partial charge in [-0.3, -0.25) is 19.2 Å². The summed E-state index contributed by atoms with van der Waals surface area (Å²) >= 11 is 6.63. The Hall–Kier alpha value is -3.99. The van der Waals surface area contributed by atoms with E-state index in [0.29, 0.717) is 17.1 Å². The molecular formula is C34H36ClN3O7. The molecule has 10 nitrogen and oxygen atoms in total. The van der Waals surface area contributed by atoms with E-state index in [4.69, 9.17) is 21.1 Å². The number of aliphatic hydroxyl groups excluding tert-OH is 1. The van der Waals surface area contributed by atoms with Gasteiger partial charge in [-0.25, -0.2) is 0 Å². The number of cyclic esters (lactones) is 1. The number of rotatable bonds is 5. The Balaban J connectivity index is 1.47. The number of hydrogen-bond donors (Lipinski definition) is 2. The van der Waals surface area contributed by atoms with Crippen LogP contribution in [-0.2, 0) is 35.1 Å². The molecule has 4 aliphatic heterocycles. The normalized spacial score (nSPS) is 31.5. The topological polar surface area (TPSA) is 125 Å². The monoisotopic (exact) mass is 633 g/mol. The number of benzene rings is 2. The molecule has 6 rings (SSSR count). The van der Waals surface area contributed by atoms with Gasteiger partial charge < -0.3 is 29.7 Å². The second-order valence-corrected chi connectivity index (χ2v) is 12.3. The number of anilines is 1. The molecule has 5 bridgehead atoms. The average molecular weight is 634 g/mol. The molecule has 2 saturated heterocycles. The molecule has 0 unspecified atom stereocenters. The van der Waals surface area contributed by atoms with Crippen molar-refractivity contribution in [1.82, 2.24) is 10.2 Å². The van der Waals surface area contributed by atoms with Crippen molar-refractivity contribution in [3.63, 3.8) is 0 Å². The Morgan fingerprint density at radius 2 is 1.80 bits per heavy atom. The molecule has 2 aromatic carbocycles. The molecule has 7 atom stereocenters. The van der Waals surface area contributed by atoms with Crippen molar-refractivity contribution in [2.45, 2.75) is 56.1 Å². The highest BCUT2D eigenvalue weighted by molar-refractivity contribution is 6.34. The molecule has 3 amide bonds. The van der Waals surface area contributed by atoms with Crippen LogP contribution in [0, 0.1) is 11.8 Å². The molecule has 0 aliphatic carbocycles. The molecule has 236 valence electrons. The Kier molecular flexibility index (Phi) is 8.81. The van der Waals surface area contributed by atoms with Gasteiger partial charge in [0.15, 0.2) is 0 Å². The second kappa shape index (κ2) is 12.8. The van der Waals surface area contributed by atoms with Gasteiger partial charge in [0.1, 0.15) is 23.7 Å². The van der Waals surface area contributed by atoms with Crippen LogP contribution in [0.15, 0.2) is 78.9 Å². The number of fused-ring (bicyclic) bond motifs is 2. The van der Waals surface area contributed by atoms with Crippen molar-refractivity contribution < 1.29 is 33.8 Å². The van der Waals surface area contributed by atoms with Gasteiger partial charge in [-0.15, -0.1) is 0 Å². The Bertz CT molecular complexity index is 1530. The lowest BCUT2D eigenvalue weighted by molar-refractivity contribution is -0.159. The number of allylic oxidation sites excluding steroid dienone is 1. The average Bonchev–Trinajstić information content (AvgIpc) is 3.68. The fourth-order valence-electron chi connectivity index (χ4n) is 6.99. The molecular weight excluding hydrogens is 598 g/mol. The lowest BCUT2D eigenvalue weighted by atomic mass is 9.74. The highest BCUT2D eigenvalue weighted by Gasteiger charge is 2.74. The van der Waals surface area contributed by atoms with Gasteiger partial charge in [-0.1, -0.05) is 78.4 Å². The van der Waals surface area contributed by atoms with Crippen molar-refractivity contribution in [1.29, 1.82) is 0 Å². The molecule has 2 fully saturated rings. The van der Waals surface area contributed by atoms with E-state index in [-0.39, 0.29) is 31.8 Å². The van der Waals surface area contributed by atoms with Crippen LogP contribution < -0.4 is 10.2 Å². The number of hydrogen-bond acceptors (Lipinski definition) is 7. The number of halogens is 1. The van der Waals surface area contributed by atoms with Crippen LogP contribution in [0.5, 0.6) is 0 Å². The predicted molar refractivity (Wildman–Crippen MR) is 166 cm³/mol. The van der Waals surface area contributed by atoms with Gasteiger partial charge in [0.2, 0.25) is 11.8 Å². The highest BCUT2D eigenvalue weighted by atomic mass is 35.5. The number of aliphatic hydroxyl groups is 1. The van der Waals surface area contributed by atoms with Gasteiger partial charge >= 0.3 is 5.97 Å². The molecule has 0 radical (unpaired) electrons. The van der Waals surface area contributed by atoms with Crippen molar-refractivity contribution in [2.24, 2.45) is 11.8 Å². The summed E-state index contributed by atoms with van der Waals surface area (Å²) in [6.07, 6.45) is 6.52. The van der Waals surface area contributed by atoms with E-state index in [9.17, 15) is 24.3 Å². The first-order chi connectivity index (χ1) is 21.7. The first-order valence-corrected chi connectivity index (χ1v) is 15.6. The van der Waals surface area contributed by atoms with Crippen LogP contribution in [0.4, 0.5) is 5.69 Å². The first-order valence-electron chi connectivity index (χ1n) is 15.3. The van der Waals surface area contributed by atoms with E-state index in [1.807, 2.05) is 36.4 Å². The Labute approximate surface area is 266 Å². The van der Waals surface area contributed by atoms with Gasteiger partial charge in [0.25, 0.3) is 5.91 Å². The van der Waals surface area contributed by atoms with Crippen LogP contribution >= 0.6 is 11.6 Å². The number of nitrogens with zero attached hydrogens (tertiary/aromatic N) is 2. The molecule has 2 N–H and O–H groups in total. The highest BCUT2D eigenvalue weighted by Crippen LogP contribution is 2.56. The van der Waals surface area contributed by atoms with Crippen LogP contribution in [0.2, 0.25) is 5.02 Å². The minimum atomic E-state index is -1.47. The summed E-state index contributed by atoms with van der Waals surface area (Å²) < 4.78 is 12.2. The lowest BCUT2D eigenvalue weighted by Gasteiger charge is -2.39. The summed E-state index contributed by atoms with van der Waals surface area (Å²) in [5.41, 5.74) is -0.166. The van der Waals surface area contributed by atoms with Crippen molar-refractivity contribution >= 4 is 41.0 Å². The van der Waals surface area contributed by atoms with E-state index < -0.39 is 66.1 Å². The zero-order valence-electron chi connectivity index (χ0n) is 24.9. The smallest absolute Gasteiger partial charge is 0.313 e. The zero-order valence-corrected chi connectivity index (χ0v) is 25.6. The molecule has 4 heterocycles. The third-order valence-corrected chi connectivity index (χ3v) is 9.36. The number of ether oxygens (including phenoxy) is 2. The molecule has 1 spiro atoms. The van der Waals surface area contributed by atoms with Gasteiger partial charge in [0, 0.05) is 13.0 Å². The molecule has 4 aliphatic rings. The van der Waals surface area contributed by atoms with E-state index in [1.54, 1.807) is 49.4 Å². The molecule has 11 heteroatoms.